The molecule has 0 saturated carbocycles. The third-order valence-corrected chi connectivity index (χ3v) is 6.40. The van der Waals surface area contributed by atoms with Gasteiger partial charge in [0.25, 0.3) is 0 Å². The Hall–Kier alpha value is -3.57. The molecule has 1 aliphatic rings. The molecule has 2 N–H and O–H groups in total. The molecule has 0 aliphatic carbocycles. The van der Waals surface area contributed by atoms with Gasteiger partial charge in [-0.25, -0.2) is 18.6 Å². The van der Waals surface area contributed by atoms with E-state index in [1.54, 1.807) is 24.4 Å². The molecule has 38 heavy (non-hydrogen) atoms. The molecule has 1 saturated heterocycles. The highest BCUT2D eigenvalue weighted by Gasteiger charge is 2.29. The van der Waals surface area contributed by atoms with Gasteiger partial charge >= 0.3 is 6.09 Å². The molecule has 1 aliphatic heterocycles. The SMILES string of the molecule is COC(=O)N1CCO[C@@H](Cc2c(-c3c(F)cc(NC(=O)CCC(C)(C)O)cc3F)nc3cc(C)ccn23)C1. The summed E-state index contributed by atoms with van der Waals surface area (Å²) >= 11 is 0. The van der Waals surface area contributed by atoms with E-state index in [1.165, 1.54) is 12.0 Å². The van der Waals surface area contributed by atoms with E-state index in [0.717, 1.165) is 17.7 Å². The van der Waals surface area contributed by atoms with Crippen LogP contribution in [0.2, 0.25) is 0 Å². The summed E-state index contributed by atoms with van der Waals surface area (Å²) in [6.07, 6.45) is 1.30. The Morgan fingerprint density at radius 2 is 1.97 bits per heavy atom. The van der Waals surface area contributed by atoms with Crippen LogP contribution in [0.1, 0.15) is 37.9 Å². The highest BCUT2D eigenvalue weighted by molar-refractivity contribution is 5.91. The fraction of sp³-hybridized carbons (Fsp3) is 0.444. The van der Waals surface area contributed by atoms with Gasteiger partial charge in [0.15, 0.2) is 0 Å². The normalized spacial score (nSPS) is 16.1. The van der Waals surface area contributed by atoms with Gasteiger partial charge in [-0.3, -0.25) is 4.79 Å². The molecule has 3 heterocycles. The van der Waals surface area contributed by atoms with Gasteiger partial charge in [-0.2, -0.15) is 0 Å². The number of benzene rings is 1. The highest BCUT2D eigenvalue weighted by Crippen LogP contribution is 2.33. The number of nitrogens with zero attached hydrogens (tertiary/aromatic N) is 3. The van der Waals surface area contributed by atoms with Gasteiger partial charge in [0.2, 0.25) is 5.91 Å². The van der Waals surface area contributed by atoms with E-state index in [-0.39, 0.29) is 42.8 Å². The van der Waals surface area contributed by atoms with Crippen molar-refractivity contribution in [2.45, 2.75) is 51.7 Å². The number of carbonyl (C=O) groups is 2. The molecule has 1 aromatic carbocycles. The topological polar surface area (TPSA) is 105 Å². The molecule has 2 aromatic heterocycles. The predicted molar refractivity (Wildman–Crippen MR) is 137 cm³/mol. The predicted octanol–water partition coefficient (Wildman–Crippen LogP) is 4.09. The number of carbonyl (C=O) groups excluding carboxylic acids is 2. The fourth-order valence-electron chi connectivity index (χ4n) is 4.46. The second-order valence-corrected chi connectivity index (χ2v) is 10.1. The molecule has 204 valence electrons. The van der Waals surface area contributed by atoms with Crippen LogP contribution in [0.5, 0.6) is 0 Å². The van der Waals surface area contributed by atoms with Crippen molar-refractivity contribution in [1.29, 1.82) is 0 Å². The van der Waals surface area contributed by atoms with Crippen molar-refractivity contribution < 1.29 is 33.0 Å². The molecular formula is C27H32F2N4O5. The number of halogens is 2. The zero-order chi connectivity index (χ0) is 27.6. The Kier molecular flexibility index (Phi) is 7.98. The number of fused-ring (bicyclic) bond motifs is 1. The summed E-state index contributed by atoms with van der Waals surface area (Å²) in [5.41, 5.74) is 0.688. The summed E-state index contributed by atoms with van der Waals surface area (Å²) < 4.78 is 43.3. The first-order chi connectivity index (χ1) is 17.9. The number of pyridine rings is 1. The number of nitrogens with one attached hydrogen (secondary N) is 1. The molecule has 11 heteroatoms. The van der Waals surface area contributed by atoms with E-state index in [9.17, 15) is 14.7 Å². The van der Waals surface area contributed by atoms with E-state index in [4.69, 9.17) is 9.47 Å². The number of morpholine rings is 1. The smallest absolute Gasteiger partial charge is 0.409 e. The van der Waals surface area contributed by atoms with E-state index >= 15 is 8.78 Å². The number of amides is 2. The van der Waals surface area contributed by atoms with Crippen LogP contribution in [0.4, 0.5) is 19.3 Å². The van der Waals surface area contributed by atoms with Crippen molar-refractivity contribution in [3.8, 4) is 11.3 Å². The molecule has 3 aromatic rings. The lowest BCUT2D eigenvalue weighted by Crippen LogP contribution is -2.46. The number of rotatable bonds is 7. The number of imidazole rings is 1. The lowest BCUT2D eigenvalue weighted by atomic mass is 10.0. The van der Waals surface area contributed by atoms with Crippen LogP contribution in [0.25, 0.3) is 16.9 Å². The van der Waals surface area contributed by atoms with Crippen molar-refractivity contribution in [3.05, 3.63) is 53.4 Å². The Morgan fingerprint density at radius 3 is 2.63 bits per heavy atom. The van der Waals surface area contributed by atoms with Gasteiger partial charge in [0, 0.05) is 31.3 Å². The maximum absolute atomic E-state index is 15.4. The maximum Gasteiger partial charge on any atom is 0.409 e. The number of aryl methyl sites for hydroxylation is 1. The van der Waals surface area contributed by atoms with Crippen molar-refractivity contribution >= 4 is 23.3 Å². The van der Waals surface area contributed by atoms with Gasteiger partial charge in [0.1, 0.15) is 17.3 Å². The third kappa shape index (κ3) is 6.28. The van der Waals surface area contributed by atoms with Crippen molar-refractivity contribution in [1.82, 2.24) is 14.3 Å². The Labute approximate surface area is 219 Å². The molecule has 0 spiro atoms. The Bertz CT molecular complexity index is 1330. The molecule has 1 fully saturated rings. The van der Waals surface area contributed by atoms with E-state index < -0.39 is 35.3 Å². The first kappa shape index (κ1) is 27.5. The molecular weight excluding hydrogens is 498 g/mol. The van der Waals surface area contributed by atoms with Gasteiger partial charge < -0.3 is 29.2 Å². The van der Waals surface area contributed by atoms with Crippen molar-refractivity contribution in [2.24, 2.45) is 0 Å². The number of aliphatic hydroxyl groups is 1. The molecule has 4 rings (SSSR count). The average Bonchev–Trinajstić information content (AvgIpc) is 3.18. The summed E-state index contributed by atoms with van der Waals surface area (Å²) in [7, 11) is 1.31. The van der Waals surface area contributed by atoms with Crippen molar-refractivity contribution in [3.63, 3.8) is 0 Å². The number of hydrogen-bond donors (Lipinski definition) is 2. The second-order valence-electron chi connectivity index (χ2n) is 10.1. The van der Waals surface area contributed by atoms with E-state index in [1.807, 2.05) is 19.1 Å². The second kappa shape index (κ2) is 11.0. The lowest BCUT2D eigenvalue weighted by Gasteiger charge is -2.32. The number of methoxy groups -OCH3 is 1. The summed E-state index contributed by atoms with van der Waals surface area (Å²) in [5, 5.41) is 12.3. The average molecular weight is 531 g/mol. The molecule has 1 atom stereocenters. The standard InChI is InChI=1S/C27H32F2N4O5/c1-16-6-8-33-21(14-18-15-32(9-10-38-18)26(35)37-4)25(31-22(33)11-16)24-19(28)12-17(13-20(24)29)30-23(34)5-7-27(2,3)36/h6,8,11-13,18,36H,5,7,9-10,14-15H2,1-4H3,(H,30,34)/t18-/m0/s1. The quantitative estimate of drug-likeness (QED) is 0.477. The van der Waals surface area contributed by atoms with Crippen LogP contribution < -0.4 is 5.32 Å². The number of anilines is 1. The summed E-state index contributed by atoms with van der Waals surface area (Å²) in [4.78, 5) is 30.3. The van der Waals surface area contributed by atoms with Crippen LogP contribution in [-0.4, -0.2) is 69.9 Å². The highest BCUT2D eigenvalue weighted by atomic mass is 19.1. The molecule has 0 unspecified atom stereocenters. The minimum absolute atomic E-state index is 0.00555. The van der Waals surface area contributed by atoms with Gasteiger partial charge in [-0.15, -0.1) is 0 Å². The maximum atomic E-state index is 15.4. The van der Waals surface area contributed by atoms with Crippen molar-refractivity contribution in [2.75, 3.05) is 32.1 Å². The zero-order valence-corrected chi connectivity index (χ0v) is 21.9. The Morgan fingerprint density at radius 1 is 1.26 bits per heavy atom. The van der Waals surface area contributed by atoms with Crippen LogP contribution in [0.3, 0.4) is 0 Å². The van der Waals surface area contributed by atoms with Gasteiger partial charge in [0.05, 0.1) is 48.9 Å². The number of ether oxygens (including phenoxy) is 2. The first-order valence-corrected chi connectivity index (χ1v) is 12.4. The van der Waals surface area contributed by atoms with Crippen LogP contribution in [-0.2, 0) is 20.7 Å². The largest absolute Gasteiger partial charge is 0.453 e. The molecule has 2 amide bonds. The summed E-state index contributed by atoms with van der Waals surface area (Å²) in [5.74, 6) is -2.23. The monoisotopic (exact) mass is 530 g/mol. The van der Waals surface area contributed by atoms with Crippen LogP contribution in [0.15, 0.2) is 30.5 Å². The zero-order valence-electron chi connectivity index (χ0n) is 21.9. The minimum atomic E-state index is -1.04. The van der Waals surface area contributed by atoms with Gasteiger partial charge in [-0.05, 0) is 57.0 Å². The van der Waals surface area contributed by atoms with Crippen LogP contribution in [0, 0.1) is 18.6 Å². The Balaban J connectivity index is 1.67. The minimum Gasteiger partial charge on any atom is -0.453 e. The summed E-state index contributed by atoms with van der Waals surface area (Å²) in [6.45, 7) is 5.99. The number of hydrogen-bond acceptors (Lipinski definition) is 6. The first-order valence-electron chi connectivity index (χ1n) is 12.4. The lowest BCUT2D eigenvalue weighted by molar-refractivity contribution is -0.117. The number of aromatic nitrogens is 2. The molecule has 0 radical (unpaired) electrons. The van der Waals surface area contributed by atoms with Gasteiger partial charge in [-0.1, -0.05) is 0 Å². The molecule has 0 bridgehead atoms. The molecule has 9 nitrogen and oxygen atoms in total. The van der Waals surface area contributed by atoms with Crippen LogP contribution >= 0.6 is 0 Å². The third-order valence-electron chi connectivity index (χ3n) is 6.40. The fourth-order valence-corrected chi connectivity index (χ4v) is 4.46. The van der Waals surface area contributed by atoms with E-state index in [0.29, 0.717) is 24.5 Å². The summed E-state index contributed by atoms with van der Waals surface area (Å²) in [6, 6.07) is 5.77. The van der Waals surface area contributed by atoms with E-state index in [2.05, 4.69) is 10.3 Å².